The molecule has 0 unspecified atom stereocenters. The van der Waals surface area contributed by atoms with Gasteiger partial charge in [0, 0.05) is 10.9 Å². The van der Waals surface area contributed by atoms with Gasteiger partial charge in [-0.15, -0.1) is 23.7 Å². The highest BCUT2D eigenvalue weighted by atomic mass is 35.5. The summed E-state index contributed by atoms with van der Waals surface area (Å²) in [5.74, 6) is 0.480. The number of hydrogen-bond acceptors (Lipinski definition) is 5. The van der Waals surface area contributed by atoms with Gasteiger partial charge >= 0.3 is 0 Å². The molecule has 114 valence electrons. The fourth-order valence-corrected chi connectivity index (χ4v) is 2.27. The van der Waals surface area contributed by atoms with Gasteiger partial charge in [-0.25, -0.2) is 4.98 Å². The number of hydrogen-bond donors (Lipinski definition) is 2. The molecule has 2 rings (SSSR count). The Bertz CT molecular complexity index is 623. The Morgan fingerprint density at radius 1 is 1.38 bits per heavy atom. The Labute approximate surface area is 133 Å². The van der Waals surface area contributed by atoms with E-state index in [4.69, 9.17) is 10.5 Å². The number of benzene rings is 1. The van der Waals surface area contributed by atoms with Crippen LogP contribution in [-0.4, -0.2) is 23.5 Å². The number of ether oxygens (including phenoxy) is 1. The Kier molecular flexibility index (Phi) is 5.71. The van der Waals surface area contributed by atoms with Gasteiger partial charge in [-0.1, -0.05) is 12.1 Å². The summed E-state index contributed by atoms with van der Waals surface area (Å²) in [7, 11) is 1.62. The van der Waals surface area contributed by atoms with E-state index in [0.717, 1.165) is 17.0 Å². The fraction of sp³-hybridized carbons (Fsp3) is 0.286. The predicted octanol–water partition coefficient (Wildman–Crippen LogP) is 2.92. The van der Waals surface area contributed by atoms with Crippen molar-refractivity contribution in [3.05, 3.63) is 29.6 Å². The molecule has 0 spiro atoms. The van der Waals surface area contributed by atoms with Crippen LogP contribution >= 0.6 is 23.7 Å². The number of nitrogens with zero attached hydrogens (tertiary/aromatic N) is 1. The first-order valence-corrected chi connectivity index (χ1v) is 6.99. The first-order valence-electron chi connectivity index (χ1n) is 6.11. The second-order valence-corrected chi connectivity index (χ2v) is 5.77. The molecule has 1 heterocycles. The number of carbonyl (C=O) groups is 1. The van der Waals surface area contributed by atoms with Gasteiger partial charge in [0.1, 0.15) is 5.75 Å². The average Bonchev–Trinajstić information content (AvgIpc) is 2.86. The number of nitrogens with one attached hydrogen (secondary N) is 1. The predicted molar refractivity (Wildman–Crippen MR) is 88.2 cm³/mol. The normalized spacial score (nSPS) is 10.7. The number of halogens is 1. The van der Waals surface area contributed by atoms with Crippen molar-refractivity contribution in [2.45, 2.75) is 19.4 Å². The first-order chi connectivity index (χ1) is 9.41. The number of rotatable bonds is 4. The molecule has 0 bridgehead atoms. The van der Waals surface area contributed by atoms with Crippen LogP contribution in [0.4, 0.5) is 5.13 Å². The fourth-order valence-electron chi connectivity index (χ4n) is 1.57. The third kappa shape index (κ3) is 4.17. The van der Waals surface area contributed by atoms with Crippen LogP contribution in [0, 0.1) is 0 Å². The number of thiazole rings is 1. The molecule has 0 saturated carbocycles. The maximum atomic E-state index is 11.8. The quantitative estimate of drug-likeness (QED) is 0.905. The molecule has 0 saturated heterocycles. The van der Waals surface area contributed by atoms with Crippen molar-refractivity contribution in [3.8, 4) is 17.0 Å². The van der Waals surface area contributed by atoms with Crippen LogP contribution in [0.15, 0.2) is 29.6 Å². The van der Waals surface area contributed by atoms with Crippen LogP contribution in [0.3, 0.4) is 0 Å². The monoisotopic (exact) mass is 327 g/mol. The van der Waals surface area contributed by atoms with Crippen molar-refractivity contribution in [2.75, 3.05) is 12.4 Å². The lowest BCUT2D eigenvalue weighted by molar-refractivity contribution is -0.120. The van der Waals surface area contributed by atoms with Crippen molar-refractivity contribution in [1.82, 2.24) is 4.98 Å². The zero-order valence-electron chi connectivity index (χ0n) is 12.0. The molecule has 1 aromatic carbocycles. The second-order valence-electron chi connectivity index (χ2n) is 4.91. The number of anilines is 1. The van der Waals surface area contributed by atoms with Gasteiger partial charge in [0.25, 0.3) is 0 Å². The molecule has 0 aliphatic carbocycles. The molecule has 5 nitrogen and oxygen atoms in total. The number of amides is 1. The number of methoxy groups -OCH3 is 1. The minimum atomic E-state index is -0.934. The van der Waals surface area contributed by atoms with Crippen molar-refractivity contribution < 1.29 is 9.53 Å². The van der Waals surface area contributed by atoms with Crippen LogP contribution < -0.4 is 15.8 Å². The lowest BCUT2D eigenvalue weighted by atomic mass is 10.1. The highest BCUT2D eigenvalue weighted by molar-refractivity contribution is 7.14. The van der Waals surface area contributed by atoms with E-state index in [1.54, 1.807) is 21.0 Å². The summed E-state index contributed by atoms with van der Waals surface area (Å²) < 4.78 is 5.30. The second kappa shape index (κ2) is 6.89. The number of para-hydroxylation sites is 1. The summed E-state index contributed by atoms with van der Waals surface area (Å²) in [6.07, 6.45) is 0. The minimum absolute atomic E-state index is 0. The van der Waals surface area contributed by atoms with E-state index < -0.39 is 5.54 Å². The van der Waals surface area contributed by atoms with E-state index in [2.05, 4.69) is 10.3 Å². The lowest BCUT2D eigenvalue weighted by Crippen LogP contribution is -2.45. The van der Waals surface area contributed by atoms with Gasteiger partial charge < -0.3 is 15.8 Å². The maximum Gasteiger partial charge on any atom is 0.245 e. The third-order valence-electron chi connectivity index (χ3n) is 2.69. The molecule has 0 aliphatic heterocycles. The van der Waals surface area contributed by atoms with Crippen LogP contribution in [0.25, 0.3) is 11.3 Å². The molecular weight excluding hydrogens is 310 g/mol. The molecule has 0 aliphatic rings. The SMILES string of the molecule is COc1ccccc1-c1csc(NC(=O)C(C)(C)N)n1.Cl. The van der Waals surface area contributed by atoms with Crippen molar-refractivity contribution in [3.63, 3.8) is 0 Å². The summed E-state index contributed by atoms with van der Waals surface area (Å²) in [4.78, 5) is 16.2. The number of aromatic nitrogens is 1. The van der Waals surface area contributed by atoms with Crippen molar-refractivity contribution >= 4 is 34.8 Å². The molecule has 0 fully saturated rings. The van der Waals surface area contributed by atoms with E-state index in [1.807, 2.05) is 29.6 Å². The van der Waals surface area contributed by atoms with Crippen LogP contribution in [0.1, 0.15) is 13.8 Å². The van der Waals surface area contributed by atoms with E-state index in [1.165, 1.54) is 11.3 Å². The standard InChI is InChI=1S/C14H17N3O2S.ClH/c1-14(2,15)12(18)17-13-16-10(8-20-13)9-6-4-5-7-11(9)19-3;/h4-8H,15H2,1-3H3,(H,16,17,18);1H. The van der Waals surface area contributed by atoms with Gasteiger partial charge in [-0.05, 0) is 26.0 Å². The van der Waals surface area contributed by atoms with Crippen molar-refractivity contribution in [1.29, 1.82) is 0 Å². The molecule has 7 heteroatoms. The maximum absolute atomic E-state index is 11.8. The molecule has 0 atom stereocenters. The Balaban J connectivity index is 0.00000220. The van der Waals surface area contributed by atoms with Gasteiger partial charge in [0.2, 0.25) is 5.91 Å². The van der Waals surface area contributed by atoms with Crippen LogP contribution in [-0.2, 0) is 4.79 Å². The minimum Gasteiger partial charge on any atom is -0.496 e. The number of nitrogens with two attached hydrogens (primary N) is 1. The summed E-state index contributed by atoms with van der Waals surface area (Å²) >= 11 is 1.35. The Hall–Kier alpha value is -1.63. The van der Waals surface area contributed by atoms with Gasteiger partial charge in [0.15, 0.2) is 5.13 Å². The lowest BCUT2D eigenvalue weighted by Gasteiger charge is -2.16. The van der Waals surface area contributed by atoms with Crippen LogP contribution in [0.5, 0.6) is 5.75 Å². The summed E-state index contributed by atoms with van der Waals surface area (Å²) in [6, 6.07) is 7.61. The molecular formula is C14H18ClN3O2S. The topological polar surface area (TPSA) is 77.2 Å². The number of carbonyl (C=O) groups excluding carboxylic acids is 1. The molecule has 1 amide bonds. The van der Waals surface area contributed by atoms with Gasteiger partial charge in [-0.2, -0.15) is 0 Å². The van der Waals surface area contributed by atoms with Gasteiger partial charge in [0.05, 0.1) is 18.3 Å². The Morgan fingerprint density at radius 2 is 2.05 bits per heavy atom. The van der Waals surface area contributed by atoms with Crippen molar-refractivity contribution in [2.24, 2.45) is 5.73 Å². The highest BCUT2D eigenvalue weighted by Crippen LogP contribution is 2.31. The summed E-state index contributed by atoms with van der Waals surface area (Å²) in [5.41, 5.74) is 6.45. The van der Waals surface area contributed by atoms with Gasteiger partial charge in [-0.3, -0.25) is 4.79 Å². The smallest absolute Gasteiger partial charge is 0.245 e. The average molecular weight is 328 g/mol. The van der Waals surface area contributed by atoms with Crippen LogP contribution in [0.2, 0.25) is 0 Å². The first kappa shape index (κ1) is 17.4. The van der Waals surface area contributed by atoms with E-state index in [0.29, 0.717) is 5.13 Å². The third-order valence-corrected chi connectivity index (χ3v) is 3.45. The molecule has 0 radical (unpaired) electrons. The zero-order chi connectivity index (χ0) is 14.8. The summed E-state index contributed by atoms with van der Waals surface area (Å²) in [5, 5.41) is 5.11. The highest BCUT2D eigenvalue weighted by Gasteiger charge is 2.23. The van der Waals surface area contributed by atoms with E-state index >= 15 is 0 Å². The molecule has 21 heavy (non-hydrogen) atoms. The Morgan fingerprint density at radius 3 is 2.67 bits per heavy atom. The molecule has 1 aromatic heterocycles. The van der Waals surface area contributed by atoms with E-state index in [-0.39, 0.29) is 18.3 Å². The molecule has 2 aromatic rings. The zero-order valence-corrected chi connectivity index (χ0v) is 13.7. The summed E-state index contributed by atoms with van der Waals surface area (Å²) in [6.45, 7) is 3.30. The van der Waals surface area contributed by atoms with E-state index in [9.17, 15) is 4.79 Å². The largest absolute Gasteiger partial charge is 0.496 e. The molecule has 3 N–H and O–H groups in total.